The Morgan fingerprint density at radius 3 is 3.29 bits per heavy atom. The second kappa shape index (κ2) is 4.63. The van der Waals surface area contributed by atoms with Crippen LogP contribution in [0.15, 0.2) is 18.3 Å². The van der Waals surface area contributed by atoms with Gasteiger partial charge in [0.2, 0.25) is 0 Å². The zero-order chi connectivity index (χ0) is 11.7. The number of hydrogen-bond donors (Lipinski definition) is 1. The number of morpholine rings is 1. The molecular formula is C13H18N2O2. The van der Waals surface area contributed by atoms with E-state index in [2.05, 4.69) is 9.88 Å². The Balaban J connectivity index is 1.86. The molecule has 1 aliphatic carbocycles. The molecule has 2 unspecified atom stereocenters. The summed E-state index contributed by atoms with van der Waals surface area (Å²) in [6.07, 6.45) is 5.82. The first kappa shape index (κ1) is 11.0. The highest BCUT2D eigenvalue weighted by atomic mass is 16.5. The van der Waals surface area contributed by atoms with Crippen LogP contribution >= 0.6 is 0 Å². The molecule has 2 aliphatic rings. The second-order valence-electron chi connectivity index (χ2n) is 4.76. The number of aliphatic hydroxyl groups excluding tert-OH is 1. The van der Waals surface area contributed by atoms with E-state index < -0.39 is 0 Å². The van der Waals surface area contributed by atoms with E-state index >= 15 is 0 Å². The summed E-state index contributed by atoms with van der Waals surface area (Å²) in [5, 5.41) is 9.14. The molecule has 4 heteroatoms. The fraction of sp³-hybridized carbons (Fsp3) is 0.615. The summed E-state index contributed by atoms with van der Waals surface area (Å²) in [6.45, 7) is 1.75. The second-order valence-corrected chi connectivity index (χ2v) is 4.76. The monoisotopic (exact) mass is 234 g/mol. The molecule has 17 heavy (non-hydrogen) atoms. The maximum Gasteiger partial charge on any atom is 0.0853 e. The van der Waals surface area contributed by atoms with Crippen LogP contribution in [0, 0.1) is 0 Å². The van der Waals surface area contributed by atoms with E-state index in [4.69, 9.17) is 9.84 Å². The predicted molar refractivity (Wildman–Crippen MR) is 64.9 cm³/mol. The maximum absolute atomic E-state index is 9.14. The number of anilines is 1. The summed E-state index contributed by atoms with van der Waals surface area (Å²) in [5.74, 6) is 0. The Labute approximate surface area is 101 Å². The van der Waals surface area contributed by atoms with Gasteiger partial charge in [-0.05, 0) is 31.4 Å². The van der Waals surface area contributed by atoms with Crippen LogP contribution in [0.1, 0.15) is 25.0 Å². The molecular weight excluding hydrogens is 216 g/mol. The van der Waals surface area contributed by atoms with Gasteiger partial charge < -0.3 is 14.7 Å². The molecule has 2 atom stereocenters. The number of nitrogens with zero attached hydrogens (tertiary/aromatic N) is 2. The fourth-order valence-electron chi connectivity index (χ4n) is 2.98. The summed E-state index contributed by atoms with van der Waals surface area (Å²) in [7, 11) is 0. The average Bonchev–Trinajstić information content (AvgIpc) is 2.87. The zero-order valence-corrected chi connectivity index (χ0v) is 9.88. The third-order valence-electron chi connectivity index (χ3n) is 3.78. The standard InChI is InChI=1S/C13H18N2O2/c16-9-10-8-11(4-5-14-10)15-6-7-17-13-3-1-2-12(13)15/h4-5,8,12-13,16H,1-3,6-7,9H2. The number of fused-ring (bicyclic) bond motifs is 1. The molecule has 1 saturated carbocycles. The van der Waals surface area contributed by atoms with Crippen LogP contribution in [0.25, 0.3) is 0 Å². The Kier molecular flexibility index (Phi) is 2.99. The van der Waals surface area contributed by atoms with Crippen molar-refractivity contribution in [1.29, 1.82) is 0 Å². The Hall–Kier alpha value is -1.13. The molecule has 1 aromatic rings. The van der Waals surface area contributed by atoms with Gasteiger partial charge in [-0.2, -0.15) is 0 Å². The van der Waals surface area contributed by atoms with Gasteiger partial charge >= 0.3 is 0 Å². The minimum Gasteiger partial charge on any atom is -0.390 e. The van der Waals surface area contributed by atoms with Crippen LogP contribution in [0.3, 0.4) is 0 Å². The average molecular weight is 234 g/mol. The lowest BCUT2D eigenvalue weighted by Gasteiger charge is -2.39. The SMILES string of the molecule is OCc1cc(N2CCOC3CCCC32)ccn1. The molecule has 0 spiro atoms. The number of rotatable bonds is 2. The van der Waals surface area contributed by atoms with Crippen molar-refractivity contribution >= 4 is 5.69 Å². The molecule has 0 bridgehead atoms. The third-order valence-corrected chi connectivity index (χ3v) is 3.78. The van der Waals surface area contributed by atoms with Gasteiger partial charge in [0, 0.05) is 18.4 Å². The van der Waals surface area contributed by atoms with E-state index in [1.54, 1.807) is 6.20 Å². The Morgan fingerprint density at radius 1 is 1.47 bits per heavy atom. The topological polar surface area (TPSA) is 45.6 Å². The minimum atomic E-state index is 0.00623. The van der Waals surface area contributed by atoms with Crippen LogP contribution in [-0.2, 0) is 11.3 Å². The molecule has 2 fully saturated rings. The number of aliphatic hydroxyl groups is 1. The van der Waals surface area contributed by atoms with E-state index in [0.29, 0.717) is 12.1 Å². The van der Waals surface area contributed by atoms with Gasteiger partial charge in [0.1, 0.15) is 0 Å². The fourth-order valence-corrected chi connectivity index (χ4v) is 2.98. The van der Waals surface area contributed by atoms with Crippen LogP contribution in [0.2, 0.25) is 0 Å². The lowest BCUT2D eigenvalue weighted by molar-refractivity contribution is 0.0256. The Bertz CT molecular complexity index is 397. The van der Waals surface area contributed by atoms with Crippen molar-refractivity contribution in [1.82, 2.24) is 4.98 Å². The molecule has 0 radical (unpaired) electrons. The molecule has 2 heterocycles. The van der Waals surface area contributed by atoms with Gasteiger partial charge in [0.15, 0.2) is 0 Å². The number of hydrogen-bond acceptors (Lipinski definition) is 4. The summed E-state index contributed by atoms with van der Waals surface area (Å²) >= 11 is 0. The summed E-state index contributed by atoms with van der Waals surface area (Å²) in [5.41, 5.74) is 1.91. The first-order chi connectivity index (χ1) is 8.38. The van der Waals surface area contributed by atoms with E-state index in [9.17, 15) is 0 Å². The first-order valence-corrected chi connectivity index (χ1v) is 6.32. The minimum absolute atomic E-state index is 0.00623. The molecule has 1 aromatic heterocycles. The largest absolute Gasteiger partial charge is 0.390 e. The van der Waals surface area contributed by atoms with Gasteiger partial charge in [-0.15, -0.1) is 0 Å². The highest BCUT2D eigenvalue weighted by molar-refractivity contribution is 5.48. The van der Waals surface area contributed by atoms with Crippen molar-refractivity contribution in [2.45, 2.75) is 38.0 Å². The Morgan fingerprint density at radius 2 is 2.41 bits per heavy atom. The van der Waals surface area contributed by atoms with Crippen molar-refractivity contribution in [2.24, 2.45) is 0 Å². The van der Waals surface area contributed by atoms with Gasteiger partial charge in [0.05, 0.1) is 31.1 Å². The molecule has 3 rings (SSSR count). The maximum atomic E-state index is 9.14. The van der Waals surface area contributed by atoms with E-state index in [-0.39, 0.29) is 6.61 Å². The predicted octanol–water partition coefficient (Wildman–Crippen LogP) is 1.33. The molecule has 0 amide bonds. The quantitative estimate of drug-likeness (QED) is 0.838. The first-order valence-electron chi connectivity index (χ1n) is 6.32. The number of pyridine rings is 1. The smallest absolute Gasteiger partial charge is 0.0853 e. The number of aromatic nitrogens is 1. The third kappa shape index (κ3) is 2.03. The number of ether oxygens (including phenoxy) is 1. The van der Waals surface area contributed by atoms with Crippen LogP contribution < -0.4 is 4.90 Å². The molecule has 1 aliphatic heterocycles. The van der Waals surface area contributed by atoms with Crippen molar-refractivity contribution in [2.75, 3.05) is 18.1 Å². The van der Waals surface area contributed by atoms with Gasteiger partial charge in [-0.25, -0.2) is 0 Å². The van der Waals surface area contributed by atoms with Crippen LogP contribution in [0.4, 0.5) is 5.69 Å². The lowest BCUT2D eigenvalue weighted by Crippen LogP contribution is -2.48. The van der Waals surface area contributed by atoms with Gasteiger partial charge in [-0.1, -0.05) is 0 Å². The normalized spacial score (nSPS) is 28.2. The van der Waals surface area contributed by atoms with E-state index in [0.717, 1.165) is 18.8 Å². The van der Waals surface area contributed by atoms with Crippen molar-refractivity contribution < 1.29 is 9.84 Å². The van der Waals surface area contributed by atoms with Crippen molar-refractivity contribution in [3.8, 4) is 0 Å². The summed E-state index contributed by atoms with van der Waals surface area (Å²) in [4.78, 5) is 6.55. The molecule has 1 saturated heterocycles. The zero-order valence-electron chi connectivity index (χ0n) is 9.88. The van der Waals surface area contributed by atoms with E-state index in [1.165, 1.54) is 24.9 Å². The highest BCUT2D eigenvalue weighted by Gasteiger charge is 2.36. The van der Waals surface area contributed by atoms with Crippen molar-refractivity contribution in [3.63, 3.8) is 0 Å². The van der Waals surface area contributed by atoms with Gasteiger partial charge in [-0.3, -0.25) is 4.98 Å². The summed E-state index contributed by atoms with van der Waals surface area (Å²) < 4.78 is 5.80. The molecule has 4 nitrogen and oxygen atoms in total. The van der Waals surface area contributed by atoms with Crippen LogP contribution in [0.5, 0.6) is 0 Å². The van der Waals surface area contributed by atoms with Crippen molar-refractivity contribution in [3.05, 3.63) is 24.0 Å². The molecule has 92 valence electrons. The van der Waals surface area contributed by atoms with E-state index in [1.807, 2.05) is 12.1 Å². The van der Waals surface area contributed by atoms with Crippen LogP contribution in [-0.4, -0.2) is 35.4 Å². The molecule has 1 N–H and O–H groups in total. The van der Waals surface area contributed by atoms with Gasteiger partial charge in [0.25, 0.3) is 0 Å². The lowest BCUT2D eigenvalue weighted by atomic mass is 10.1. The summed E-state index contributed by atoms with van der Waals surface area (Å²) in [6, 6.07) is 4.53. The highest BCUT2D eigenvalue weighted by Crippen LogP contribution is 2.33. The molecule has 0 aromatic carbocycles.